The largest absolute Gasteiger partial charge is 0.345 e. The second kappa shape index (κ2) is 6.51. The molecule has 0 aliphatic heterocycles. The van der Waals surface area contributed by atoms with Gasteiger partial charge in [-0.05, 0) is 12.0 Å². The maximum absolute atomic E-state index is 12.8. The lowest BCUT2D eigenvalue weighted by Crippen LogP contribution is -2.36. The van der Waals surface area contributed by atoms with Crippen LogP contribution in [0.15, 0.2) is 46.1 Å². The Bertz CT molecular complexity index is 978. The van der Waals surface area contributed by atoms with Gasteiger partial charge in [0.05, 0.1) is 16.6 Å². The van der Waals surface area contributed by atoms with E-state index in [-0.39, 0.29) is 11.2 Å². The first kappa shape index (κ1) is 16.3. The minimum atomic E-state index is -0.294. The predicted octanol–water partition coefficient (Wildman–Crippen LogP) is 2.90. The molecule has 24 heavy (non-hydrogen) atoms. The molecule has 3 aromatic rings. The molecule has 0 bridgehead atoms. The number of nitrogens with zero attached hydrogens (tertiary/aromatic N) is 3. The molecule has 126 valence electrons. The summed E-state index contributed by atoms with van der Waals surface area (Å²) in [5, 5.41) is 0.613. The van der Waals surface area contributed by atoms with Crippen molar-refractivity contribution in [3.8, 4) is 11.3 Å². The van der Waals surface area contributed by atoms with Crippen molar-refractivity contribution in [3.63, 3.8) is 0 Å². The van der Waals surface area contributed by atoms with E-state index >= 15 is 0 Å². The Morgan fingerprint density at radius 1 is 0.958 bits per heavy atom. The van der Waals surface area contributed by atoms with Gasteiger partial charge in [0.1, 0.15) is 0 Å². The molecule has 3 rings (SSSR count). The van der Waals surface area contributed by atoms with Crippen LogP contribution in [0.3, 0.4) is 0 Å². The molecule has 0 aliphatic carbocycles. The van der Waals surface area contributed by atoms with Crippen molar-refractivity contribution in [2.45, 2.75) is 32.7 Å². The zero-order valence-electron chi connectivity index (χ0n) is 14.5. The van der Waals surface area contributed by atoms with E-state index in [1.807, 2.05) is 36.5 Å². The second-order valence-corrected chi connectivity index (χ2v) is 6.21. The molecule has 5 nitrogen and oxygen atoms in total. The van der Waals surface area contributed by atoms with E-state index in [2.05, 4.69) is 11.5 Å². The number of rotatable bonds is 5. The van der Waals surface area contributed by atoms with E-state index in [0.29, 0.717) is 10.9 Å². The van der Waals surface area contributed by atoms with Crippen molar-refractivity contribution in [1.82, 2.24) is 13.7 Å². The van der Waals surface area contributed by atoms with Crippen molar-refractivity contribution in [2.24, 2.45) is 14.1 Å². The topological polar surface area (TPSA) is 48.9 Å². The van der Waals surface area contributed by atoms with Crippen LogP contribution in [-0.4, -0.2) is 13.7 Å². The number of hydrogen-bond acceptors (Lipinski definition) is 2. The van der Waals surface area contributed by atoms with Crippen molar-refractivity contribution >= 4 is 10.9 Å². The Morgan fingerprint density at radius 3 is 2.33 bits per heavy atom. The first-order valence-electron chi connectivity index (χ1n) is 8.40. The molecular weight excluding hydrogens is 302 g/mol. The van der Waals surface area contributed by atoms with Crippen molar-refractivity contribution in [1.29, 1.82) is 0 Å². The Hall–Kier alpha value is -2.56. The highest BCUT2D eigenvalue weighted by atomic mass is 16.2. The quantitative estimate of drug-likeness (QED) is 0.677. The fourth-order valence-corrected chi connectivity index (χ4v) is 3.20. The van der Waals surface area contributed by atoms with Gasteiger partial charge in [-0.2, -0.15) is 0 Å². The zero-order valence-corrected chi connectivity index (χ0v) is 14.5. The Kier molecular flexibility index (Phi) is 4.42. The lowest BCUT2D eigenvalue weighted by Gasteiger charge is -2.09. The van der Waals surface area contributed by atoms with Crippen molar-refractivity contribution in [3.05, 3.63) is 57.4 Å². The van der Waals surface area contributed by atoms with E-state index in [0.717, 1.165) is 37.1 Å². The Morgan fingerprint density at radius 2 is 1.67 bits per heavy atom. The lowest BCUT2D eigenvalue weighted by atomic mass is 10.1. The van der Waals surface area contributed by atoms with Gasteiger partial charge in [-0.15, -0.1) is 0 Å². The standard InChI is InChI=1S/C19H23N3O2/c1-4-5-9-12-22-13-15-16(17(22)14-10-7-6-8-11-14)18(23)21(3)19(24)20(15)2/h6-8,10-11,13H,4-5,9,12H2,1-3H3. The average Bonchev–Trinajstić information content (AvgIpc) is 2.99. The smallest absolute Gasteiger partial charge is 0.330 e. The molecule has 2 heterocycles. The summed E-state index contributed by atoms with van der Waals surface area (Å²) >= 11 is 0. The van der Waals surface area contributed by atoms with Gasteiger partial charge in [0.2, 0.25) is 0 Å². The molecule has 0 N–H and O–H groups in total. The van der Waals surface area contributed by atoms with Crippen LogP contribution in [0.2, 0.25) is 0 Å². The molecule has 1 aromatic carbocycles. The summed E-state index contributed by atoms with van der Waals surface area (Å²) in [7, 11) is 3.25. The van der Waals surface area contributed by atoms with Gasteiger partial charge in [0, 0.05) is 26.8 Å². The zero-order chi connectivity index (χ0) is 17.3. The van der Waals surface area contributed by atoms with Crippen LogP contribution < -0.4 is 11.2 Å². The minimum absolute atomic E-state index is 0.235. The maximum Gasteiger partial charge on any atom is 0.330 e. The predicted molar refractivity (Wildman–Crippen MR) is 97.4 cm³/mol. The number of benzene rings is 1. The third-order valence-electron chi connectivity index (χ3n) is 4.56. The highest BCUT2D eigenvalue weighted by Crippen LogP contribution is 2.28. The lowest BCUT2D eigenvalue weighted by molar-refractivity contribution is 0.609. The molecule has 0 saturated carbocycles. The molecule has 0 saturated heterocycles. The first-order valence-corrected chi connectivity index (χ1v) is 8.40. The monoisotopic (exact) mass is 325 g/mol. The number of hydrogen-bond donors (Lipinski definition) is 0. The van der Waals surface area contributed by atoms with Gasteiger partial charge in [-0.3, -0.25) is 13.9 Å². The first-order chi connectivity index (χ1) is 11.6. The van der Waals surface area contributed by atoms with Crippen LogP contribution in [0.1, 0.15) is 26.2 Å². The van der Waals surface area contributed by atoms with Gasteiger partial charge in [0.15, 0.2) is 0 Å². The van der Waals surface area contributed by atoms with E-state index in [4.69, 9.17) is 0 Å². The van der Waals surface area contributed by atoms with Gasteiger partial charge in [-0.25, -0.2) is 4.79 Å². The van der Waals surface area contributed by atoms with Crippen LogP contribution in [0.4, 0.5) is 0 Å². The number of aryl methyl sites for hydroxylation is 2. The van der Waals surface area contributed by atoms with Crippen molar-refractivity contribution in [2.75, 3.05) is 0 Å². The molecule has 2 aromatic heterocycles. The molecule has 0 amide bonds. The SMILES string of the molecule is CCCCCn1cc2c(c1-c1ccccc1)c(=O)n(C)c(=O)n2C. The third-order valence-corrected chi connectivity index (χ3v) is 4.56. The van der Waals surface area contributed by atoms with Gasteiger partial charge in [0.25, 0.3) is 5.56 Å². The van der Waals surface area contributed by atoms with Crippen LogP contribution in [-0.2, 0) is 20.6 Å². The van der Waals surface area contributed by atoms with Gasteiger partial charge >= 0.3 is 5.69 Å². The molecule has 0 aliphatic rings. The maximum atomic E-state index is 12.8. The number of aromatic nitrogens is 3. The van der Waals surface area contributed by atoms with Crippen molar-refractivity contribution < 1.29 is 0 Å². The fourth-order valence-electron chi connectivity index (χ4n) is 3.20. The second-order valence-electron chi connectivity index (χ2n) is 6.21. The van der Waals surface area contributed by atoms with E-state index in [1.54, 1.807) is 11.6 Å². The number of fused-ring (bicyclic) bond motifs is 1. The summed E-state index contributed by atoms with van der Waals surface area (Å²) in [5.74, 6) is 0. The summed E-state index contributed by atoms with van der Waals surface area (Å²) < 4.78 is 4.86. The van der Waals surface area contributed by atoms with Crippen LogP contribution in [0.25, 0.3) is 22.2 Å². The van der Waals surface area contributed by atoms with E-state index in [9.17, 15) is 9.59 Å². The molecular formula is C19H23N3O2. The summed E-state index contributed by atoms with van der Waals surface area (Å²) in [6, 6.07) is 9.92. The van der Waals surface area contributed by atoms with Crippen LogP contribution >= 0.6 is 0 Å². The fraction of sp³-hybridized carbons (Fsp3) is 0.368. The Labute approximate surface area is 140 Å². The Balaban J connectivity index is 2.34. The summed E-state index contributed by atoms with van der Waals surface area (Å²) in [4.78, 5) is 25.0. The average molecular weight is 325 g/mol. The van der Waals surface area contributed by atoms with Crippen LogP contribution in [0, 0.1) is 0 Å². The molecule has 0 radical (unpaired) electrons. The third kappa shape index (κ3) is 2.60. The van der Waals surface area contributed by atoms with Crippen LogP contribution in [0.5, 0.6) is 0 Å². The molecule has 5 heteroatoms. The molecule has 0 fully saturated rings. The summed E-state index contributed by atoms with van der Waals surface area (Å²) in [6.45, 7) is 3.01. The molecule has 0 spiro atoms. The molecule has 0 atom stereocenters. The highest BCUT2D eigenvalue weighted by Gasteiger charge is 2.18. The minimum Gasteiger partial charge on any atom is -0.345 e. The molecule has 0 unspecified atom stereocenters. The normalized spacial score (nSPS) is 11.3. The van der Waals surface area contributed by atoms with Gasteiger partial charge in [-0.1, -0.05) is 50.1 Å². The summed E-state index contributed by atoms with van der Waals surface area (Å²) in [6.07, 6.45) is 5.27. The highest BCUT2D eigenvalue weighted by molar-refractivity contribution is 5.93. The number of unbranched alkanes of at least 4 members (excludes halogenated alkanes) is 2. The van der Waals surface area contributed by atoms with E-state index < -0.39 is 0 Å². The van der Waals surface area contributed by atoms with E-state index in [1.165, 1.54) is 11.6 Å². The van der Waals surface area contributed by atoms with Gasteiger partial charge < -0.3 is 4.57 Å². The summed E-state index contributed by atoms with van der Waals surface area (Å²) in [5.41, 5.74) is 2.06.